The summed E-state index contributed by atoms with van der Waals surface area (Å²) >= 11 is 0. The van der Waals surface area contributed by atoms with Gasteiger partial charge in [0.1, 0.15) is 23.4 Å². The van der Waals surface area contributed by atoms with Crippen molar-refractivity contribution >= 4 is 88.7 Å². The first-order valence-corrected chi connectivity index (χ1v) is 42.4. The Labute approximate surface area is 646 Å². The summed E-state index contributed by atoms with van der Waals surface area (Å²) in [6.07, 6.45) is 12.8. The summed E-state index contributed by atoms with van der Waals surface area (Å²) in [4.78, 5) is 117. The van der Waals surface area contributed by atoms with E-state index in [9.17, 15) is 55.2 Å². The van der Waals surface area contributed by atoms with E-state index in [0.29, 0.717) is 111 Å². The third kappa shape index (κ3) is 18.8. The molecule has 4 saturated carbocycles. The Balaban J connectivity index is 0.000000218. The molecule has 2 aromatic carbocycles. The number of esters is 2. The smallest absolute Gasteiger partial charge is 0.307 e. The standard InChI is InChI=1S/2C41H56N4O9S/c2*1-8-52-35-29-15-11-12-16-30(29)36(43-42-35)53-28-20-32-33(46)23-41(38(49)44-55(50,51)40(7)17-18-40)22-27(41)14-10-9-13-25(2)19-26(3)31(37(48)45(32)24-28)21-34(47)54-39(4,5)6/h2*10-12,14-16,25-28,31-32H,8-9,13,17-24H2,1-7H3,(H,44,49)/b2*14-10-/t25-,26+,27+,28+,31-,32-,41+;25-,26-,27-,28-,31+,32+,41-/m01/s1. The fourth-order valence-corrected chi connectivity index (χ4v) is 19.0. The van der Waals surface area contributed by atoms with Gasteiger partial charge >= 0.3 is 11.9 Å². The topological polar surface area (TPSA) is 342 Å². The number of nitrogens with zero attached hydrogens (tertiary/aromatic N) is 6. The fourth-order valence-electron chi connectivity index (χ4n) is 16.4. The Hall–Kier alpha value is -8.14. The van der Waals surface area contributed by atoms with Gasteiger partial charge in [0.2, 0.25) is 67.2 Å². The first-order chi connectivity index (χ1) is 51.7. The zero-order chi connectivity index (χ0) is 79.8. The van der Waals surface area contributed by atoms with E-state index in [4.69, 9.17) is 28.4 Å². The monoisotopic (exact) mass is 1560 g/mol. The highest BCUT2D eigenvalue weighted by Gasteiger charge is 2.65. The molecule has 12 rings (SSSR count). The summed E-state index contributed by atoms with van der Waals surface area (Å²) in [5.41, 5.74) is -4.05. The van der Waals surface area contributed by atoms with E-state index in [1.54, 1.807) is 55.4 Å². The van der Waals surface area contributed by atoms with Gasteiger partial charge in [0.15, 0.2) is 11.6 Å². The van der Waals surface area contributed by atoms with Gasteiger partial charge in [0.25, 0.3) is 0 Å². The summed E-state index contributed by atoms with van der Waals surface area (Å²) in [7, 11) is -7.91. The number of sulfonamides is 2. The molecule has 6 fully saturated rings. The van der Waals surface area contributed by atoms with Crippen LogP contribution in [0.2, 0.25) is 0 Å². The molecule has 2 saturated heterocycles. The quantitative estimate of drug-likeness (QED) is 0.0690. The third-order valence-corrected chi connectivity index (χ3v) is 27.9. The number of allylic oxidation sites excluding steroid dienone is 4. The van der Waals surface area contributed by atoms with Gasteiger partial charge < -0.3 is 38.2 Å². The number of aromatic nitrogens is 4. The average Bonchev–Trinajstić information content (AvgIpc) is 1.57. The first kappa shape index (κ1) is 82.8. The highest BCUT2D eigenvalue weighted by molar-refractivity contribution is 7.92. The highest BCUT2D eigenvalue weighted by atomic mass is 32.2. The summed E-state index contributed by atoms with van der Waals surface area (Å²) in [5.74, 6) is -4.93. The molecule has 4 aliphatic carbocycles. The molecular weight excluding hydrogens is 1450 g/mol. The van der Waals surface area contributed by atoms with Crippen molar-refractivity contribution in [1.29, 1.82) is 0 Å². The fraction of sp³-hybridized carbons (Fsp3) is 0.659. The Morgan fingerprint density at radius 2 is 0.855 bits per heavy atom. The maximum Gasteiger partial charge on any atom is 0.307 e. The van der Waals surface area contributed by atoms with Crippen molar-refractivity contribution < 1.29 is 83.6 Å². The lowest BCUT2D eigenvalue weighted by Gasteiger charge is -2.32. The highest BCUT2D eigenvalue weighted by Crippen LogP contribution is 2.59. The van der Waals surface area contributed by atoms with E-state index < -0.39 is 111 Å². The molecule has 2 N–H and O–H groups in total. The molecule has 0 radical (unpaired) electrons. The van der Waals surface area contributed by atoms with Crippen LogP contribution in [-0.2, 0) is 67.9 Å². The van der Waals surface area contributed by atoms with Crippen molar-refractivity contribution in [3.05, 3.63) is 72.8 Å². The first-order valence-electron chi connectivity index (χ1n) is 39.4. The number of ketones is 2. The van der Waals surface area contributed by atoms with Gasteiger partial charge in [-0.05, 0) is 206 Å². The van der Waals surface area contributed by atoms with Crippen molar-refractivity contribution in [1.82, 2.24) is 39.6 Å². The lowest BCUT2D eigenvalue weighted by Crippen LogP contribution is -2.48. The predicted octanol–water partition coefficient (Wildman–Crippen LogP) is 11.4. The van der Waals surface area contributed by atoms with Crippen LogP contribution in [0.1, 0.15) is 213 Å². The third-order valence-electron chi connectivity index (χ3n) is 23.6. The number of hydrogen-bond donors (Lipinski definition) is 2. The molecule has 0 bridgehead atoms. The lowest BCUT2D eigenvalue weighted by molar-refractivity contribution is -0.160. The van der Waals surface area contributed by atoms with E-state index in [2.05, 4.69) is 43.7 Å². The molecule has 28 heteroatoms. The number of carbonyl (C=O) groups excluding carboxylic acids is 8. The van der Waals surface area contributed by atoms with Crippen LogP contribution in [0.3, 0.4) is 0 Å². The average molecular weight is 1560 g/mol. The molecule has 4 aromatic rings. The molecule has 6 heterocycles. The number of hydrogen-bond acceptors (Lipinski definition) is 22. The summed E-state index contributed by atoms with van der Waals surface area (Å²) in [6.45, 7) is 26.6. The van der Waals surface area contributed by atoms with Crippen molar-refractivity contribution in [3.63, 3.8) is 0 Å². The number of carbonyl (C=O) groups is 8. The molecule has 26 nitrogen and oxygen atoms in total. The van der Waals surface area contributed by atoms with E-state index in [1.807, 2.05) is 101 Å². The molecule has 4 aliphatic heterocycles. The Bertz CT molecular complexity index is 4190. The zero-order valence-electron chi connectivity index (χ0n) is 66.3. The van der Waals surface area contributed by atoms with E-state index in [-0.39, 0.29) is 122 Å². The van der Waals surface area contributed by atoms with E-state index in [0.717, 1.165) is 12.8 Å². The number of fused-ring (bicyclic) bond motifs is 6. The van der Waals surface area contributed by atoms with Crippen LogP contribution >= 0.6 is 0 Å². The maximum absolute atomic E-state index is 14.9. The van der Waals surface area contributed by atoms with Crippen LogP contribution in [0.4, 0.5) is 0 Å². The second-order valence-electron chi connectivity index (χ2n) is 35.0. The Morgan fingerprint density at radius 1 is 0.518 bits per heavy atom. The van der Waals surface area contributed by atoms with E-state index >= 15 is 0 Å². The zero-order valence-corrected chi connectivity index (χ0v) is 67.9. The molecule has 8 aliphatic rings. The van der Waals surface area contributed by atoms with Crippen LogP contribution < -0.4 is 28.4 Å². The lowest BCUT2D eigenvalue weighted by atomic mass is 9.82. The molecule has 110 heavy (non-hydrogen) atoms. The van der Waals surface area contributed by atoms with Crippen LogP contribution in [0.15, 0.2) is 72.8 Å². The maximum atomic E-state index is 14.9. The predicted molar refractivity (Wildman–Crippen MR) is 411 cm³/mol. The number of amides is 4. The minimum absolute atomic E-state index is 0.0286. The summed E-state index contributed by atoms with van der Waals surface area (Å²) in [6, 6.07) is 12.8. The second-order valence-corrected chi connectivity index (χ2v) is 39.4. The van der Waals surface area contributed by atoms with Crippen molar-refractivity contribution in [2.45, 2.75) is 257 Å². The van der Waals surface area contributed by atoms with E-state index in [1.165, 1.54) is 9.80 Å². The normalized spacial score (nSPS) is 30.3. The Kier molecular flexibility index (Phi) is 24.5. The van der Waals surface area contributed by atoms with Crippen LogP contribution in [-0.4, -0.2) is 165 Å². The number of rotatable bonds is 18. The van der Waals surface area contributed by atoms with Crippen LogP contribution in [0.25, 0.3) is 21.5 Å². The molecular formula is C82H112N8O18S2. The van der Waals surface area contributed by atoms with Gasteiger partial charge in [-0.25, -0.2) is 16.8 Å². The second kappa shape index (κ2) is 32.5. The number of benzene rings is 2. The van der Waals surface area contributed by atoms with Gasteiger partial charge in [-0.15, -0.1) is 20.4 Å². The molecule has 600 valence electrons. The van der Waals surface area contributed by atoms with Gasteiger partial charge in [0, 0.05) is 25.7 Å². The van der Waals surface area contributed by atoms with Crippen molar-refractivity contribution in [2.24, 2.45) is 58.2 Å². The van der Waals surface area contributed by atoms with Gasteiger partial charge in [-0.3, -0.25) is 47.8 Å². The Morgan fingerprint density at radius 3 is 1.18 bits per heavy atom. The number of nitrogens with one attached hydrogen (secondary N) is 2. The summed E-state index contributed by atoms with van der Waals surface area (Å²) < 4.78 is 91.2. The molecule has 4 amide bonds. The van der Waals surface area contributed by atoms with Gasteiger partial charge in [-0.2, -0.15) is 0 Å². The molecule has 2 aromatic heterocycles. The molecule has 0 spiro atoms. The van der Waals surface area contributed by atoms with Crippen LogP contribution in [0.5, 0.6) is 23.5 Å². The summed E-state index contributed by atoms with van der Waals surface area (Å²) in [5, 5.41) is 19.9. The van der Waals surface area contributed by atoms with Crippen LogP contribution in [0, 0.1) is 58.2 Å². The minimum atomic E-state index is -3.95. The van der Waals surface area contributed by atoms with Gasteiger partial charge in [0.05, 0.1) is 105 Å². The largest absolute Gasteiger partial charge is 0.476 e. The minimum Gasteiger partial charge on any atom is -0.476 e. The van der Waals surface area contributed by atoms with Crippen molar-refractivity contribution in [2.75, 3.05) is 26.3 Å². The number of Topliss-reactive ketones (excluding diaryl/α,β-unsaturated/α-hetero) is 2. The van der Waals surface area contributed by atoms with Crippen molar-refractivity contribution in [3.8, 4) is 23.5 Å². The molecule has 0 unspecified atom stereocenters. The molecule has 14 atom stereocenters. The number of ether oxygens (including phenoxy) is 6. The SMILES string of the molecule is CCOc1nnc(O[C@@H]2C[C@H]3C(=O)C[C@]4(C(=O)NS(=O)(=O)C5(C)CC5)C[C@H]4/C=C\CC[C@@H](C)C[C@@H](C)[C@H](CC(=O)OC(C)(C)C)C(=O)N3C2)c2ccccc12.CCOc1nnc(O[C@@H]2C[C@H]3C(=O)C[C@]4(C(=O)NS(=O)(=O)C5(C)CC5)C[C@H]4/C=C\CC[C@H](C)C[C@@H](C)[C@H](CC(=O)OC(C)(C)C)C(=O)N3C2)c2ccccc12. The van der Waals surface area contributed by atoms with Gasteiger partial charge in [-0.1, -0.05) is 76.3 Å².